The van der Waals surface area contributed by atoms with Crippen LogP contribution in [0.1, 0.15) is 11.3 Å². The van der Waals surface area contributed by atoms with Crippen molar-refractivity contribution < 1.29 is 0 Å². The smallest absolute Gasteiger partial charge is 0.311 e. The highest BCUT2D eigenvalue weighted by Crippen LogP contribution is 2.02. The van der Waals surface area contributed by atoms with Crippen molar-refractivity contribution in [3.63, 3.8) is 0 Å². The lowest BCUT2D eigenvalue weighted by atomic mass is 10.1. The number of aromatic nitrogens is 2. The first-order valence-electron chi connectivity index (χ1n) is 3.82. The topological polar surface area (TPSA) is 77.8 Å². The normalized spacial score (nSPS) is 14.5. The highest BCUT2D eigenvalue weighted by Gasteiger charge is 2.12. The van der Waals surface area contributed by atoms with E-state index >= 15 is 0 Å². The van der Waals surface area contributed by atoms with Crippen molar-refractivity contribution in [3.05, 3.63) is 32.1 Å². The summed E-state index contributed by atoms with van der Waals surface area (Å²) < 4.78 is 0. The molecule has 1 aliphatic rings. The van der Waals surface area contributed by atoms with Gasteiger partial charge in [-0.25, -0.2) is 4.79 Å². The second-order valence-corrected chi connectivity index (χ2v) is 2.79. The number of fused-ring (bicyclic) bond motifs is 1. The maximum atomic E-state index is 11.2. The SMILES string of the molecule is Cl.O=c1[nH]c2c(c(=O)[nH]1)CCNC2. The fraction of sp³-hybridized carbons (Fsp3) is 0.429. The van der Waals surface area contributed by atoms with Crippen LogP contribution in [0, 0.1) is 0 Å². The number of aromatic amines is 2. The minimum atomic E-state index is -0.428. The van der Waals surface area contributed by atoms with E-state index in [4.69, 9.17) is 0 Å². The monoisotopic (exact) mass is 203 g/mol. The molecule has 0 atom stereocenters. The van der Waals surface area contributed by atoms with Crippen molar-refractivity contribution >= 4 is 12.4 Å². The number of nitrogens with one attached hydrogen (secondary N) is 3. The molecule has 13 heavy (non-hydrogen) atoms. The fourth-order valence-electron chi connectivity index (χ4n) is 1.40. The van der Waals surface area contributed by atoms with Gasteiger partial charge in [-0.3, -0.25) is 9.78 Å². The molecule has 0 unspecified atom stereocenters. The van der Waals surface area contributed by atoms with Gasteiger partial charge in [0.1, 0.15) is 0 Å². The molecule has 1 aromatic rings. The summed E-state index contributed by atoms with van der Waals surface area (Å²) in [4.78, 5) is 26.8. The zero-order valence-electron chi connectivity index (χ0n) is 6.85. The van der Waals surface area contributed by atoms with Crippen LogP contribution in [0.5, 0.6) is 0 Å². The lowest BCUT2D eigenvalue weighted by molar-refractivity contribution is 0.614. The summed E-state index contributed by atoms with van der Waals surface area (Å²) in [7, 11) is 0. The van der Waals surface area contributed by atoms with Gasteiger partial charge in [-0.05, 0) is 13.0 Å². The molecule has 0 radical (unpaired) electrons. The Hall–Kier alpha value is -1.07. The molecule has 6 heteroatoms. The molecule has 0 amide bonds. The third-order valence-electron chi connectivity index (χ3n) is 1.98. The second-order valence-electron chi connectivity index (χ2n) is 2.79. The summed E-state index contributed by atoms with van der Waals surface area (Å²) in [6.45, 7) is 1.37. The van der Waals surface area contributed by atoms with Gasteiger partial charge in [-0.1, -0.05) is 0 Å². The summed E-state index contributed by atoms with van der Waals surface area (Å²) in [6.07, 6.45) is 0.682. The minimum Gasteiger partial charge on any atom is -0.311 e. The standard InChI is InChI=1S/C7H9N3O2.ClH/c11-6-4-1-2-8-3-5(4)9-7(12)10-6;/h8H,1-3H2,(H2,9,10,11,12);1H. The highest BCUT2D eigenvalue weighted by molar-refractivity contribution is 5.85. The van der Waals surface area contributed by atoms with E-state index in [9.17, 15) is 9.59 Å². The maximum Gasteiger partial charge on any atom is 0.325 e. The van der Waals surface area contributed by atoms with Crippen molar-refractivity contribution in [2.45, 2.75) is 13.0 Å². The fourth-order valence-corrected chi connectivity index (χ4v) is 1.40. The number of H-pyrrole nitrogens is 2. The van der Waals surface area contributed by atoms with Crippen LogP contribution in [-0.2, 0) is 13.0 Å². The molecule has 0 spiro atoms. The van der Waals surface area contributed by atoms with Crippen molar-refractivity contribution in [2.24, 2.45) is 0 Å². The third-order valence-corrected chi connectivity index (χ3v) is 1.98. The van der Waals surface area contributed by atoms with Crippen LogP contribution in [0.3, 0.4) is 0 Å². The zero-order valence-corrected chi connectivity index (χ0v) is 7.66. The lowest BCUT2D eigenvalue weighted by Gasteiger charge is -2.14. The molecule has 2 rings (SSSR count). The molecule has 0 aliphatic carbocycles. The molecule has 1 aromatic heterocycles. The largest absolute Gasteiger partial charge is 0.325 e. The first-order valence-corrected chi connectivity index (χ1v) is 3.82. The Kier molecular flexibility index (Phi) is 2.90. The van der Waals surface area contributed by atoms with Gasteiger partial charge in [0.25, 0.3) is 5.56 Å². The summed E-state index contributed by atoms with van der Waals surface area (Å²) >= 11 is 0. The summed E-state index contributed by atoms with van der Waals surface area (Å²) in [5, 5.41) is 3.07. The van der Waals surface area contributed by atoms with E-state index in [1.165, 1.54) is 0 Å². The van der Waals surface area contributed by atoms with Gasteiger partial charge < -0.3 is 10.3 Å². The van der Waals surface area contributed by atoms with Gasteiger partial charge in [0.15, 0.2) is 0 Å². The van der Waals surface area contributed by atoms with Crippen LogP contribution in [0.15, 0.2) is 9.59 Å². The highest BCUT2D eigenvalue weighted by atomic mass is 35.5. The number of rotatable bonds is 0. The summed E-state index contributed by atoms with van der Waals surface area (Å²) in [5.74, 6) is 0. The summed E-state index contributed by atoms with van der Waals surface area (Å²) in [6, 6.07) is 0. The van der Waals surface area contributed by atoms with Crippen LogP contribution in [0.2, 0.25) is 0 Å². The molecular weight excluding hydrogens is 194 g/mol. The Balaban J connectivity index is 0.000000845. The predicted octanol–water partition coefficient (Wildman–Crippen LogP) is -0.869. The van der Waals surface area contributed by atoms with E-state index < -0.39 is 5.69 Å². The van der Waals surface area contributed by atoms with Crippen molar-refractivity contribution in [1.82, 2.24) is 15.3 Å². The minimum absolute atomic E-state index is 0. The zero-order chi connectivity index (χ0) is 8.55. The van der Waals surface area contributed by atoms with Crippen LogP contribution in [-0.4, -0.2) is 16.5 Å². The van der Waals surface area contributed by atoms with Crippen LogP contribution >= 0.6 is 12.4 Å². The maximum absolute atomic E-state index is 11.2. The molecule has 1 aliphatic heterocycles. The van der Waals surface area contributed by atoms with Crippen LogP contribution < -0.4 is 16.6 Å². The van der Waals surface area contributed by atoms with Gasteiger partial charge in [0, 0.05) is 17.8 Å². The Bertz CT molecular complexity index is 409. The third kappa shape index (κ3) is 1.81. The average molecular weight is 204 g/mol. The van der Waals surface area contributed by atoms with E-state index in [0.29, 0.717) is 18.5 Å². The second kappa shape index (κ2) is 3.76. The van der Waals surface area contributed by atoms with Gasteiger partial charge in [-0.2, -0.15) is 0 Å². The predicted molar refractivity (Wildman–Crippen MR) is 50.3 cm³/mol. The van der Waals surface area contributed by atoms with Gasteiger partial charge in [-0.15, -0.1) is 12.4 Å². The van der Waals surface area contributed by atoms with Crippen molar-refractivity contribution in [1.29, 1.82) is 0 Å². The van der Waals surface area contributed by atoms with Crippen LogP contribution in [0.4, 0.5) is 0 Å². The Labute approximate surface area is 80.0 Å². The van der Waals surface area contributed by atoms with Gasteiger partial charge in [0.05, 0.1) is 0 Å². The quantitative estimate of drug-likeness (QED) is 0.513. The molecule has 5 nitrogen and oxygen atoms in total. The van der Waals surface area contributed by atoms with Gasteiger partial charge in [0.2, 0.25) is 0 Å². The number of halogens is 1. The van der Waals surface area contributed by atoms with E-state index in [1.807, 2.05) is 0 Å². The van der Waals surface area contributed by atoms with Gasteiger partial charge >= 0.3 is 5.69 Å². The summed E-state index contributed by atoms with van der Waals surface area (Å²) in [5.41, 5.74) is 0.737. The molecule has 0 saturated heterocycles. The van der Waals surface area contributed by atoms with E-state index in [-0.39, 0.29) is 18.0 Å². The molecule has 0 fully saturated rings. The molecule has 3 N–H and O–H groups in total. The number of hydrogen-bond donors (Lipinski definition) is 3. The van der Waals surface area contributed by atoms with Crippen molar-refractivity contribution in [3.8, 4) is 0 Å². The van der Waals surface area contributed by atoms with E-state index in [1.54, 1.807) is 0 Å². The molecule has 0 aromatic carbocycles. The molecule has 72 valence electrons. The molecule has 0 bridgehead atoms. The average Bonchev–Trinajstić information content (AvgIpc) is 2.04. The first-order chi connectivity index (χ1) is 5.77. The first kappa shape index (κ1) is 10.0. The lowest BCUT2D eigenvalue weighted by Crippen LogP contribution is -2.35. The molecule has 2 heterocycles. The Morgan fingerprint density at radius 3 is 2.69 bits per heavy atom. The van der Waals surface area contributed by atoms with E-state index in [0.717, 1.165) is 12.2 Å². The Morgan fingerprint density at radius 2 is 1.92 bits per heavy atom. The van der Waals surface area contributed by atoms with Crippen molar-refractivity contribution in [2.75, 3.05) is 6.54 Å². The molecule has 0 saturated carbocycles. The van der Waals surface area contributed by atoms with E-state index in [2.05, 4.69) is 15.3 Å². The Morgan fingerprint density at radius 1 is 1.15 bits per heavy atom. The number of hydrogen-bond acceptors (Lipinski definition) is 3. The molecular formula is C7H10ClN3O2. The van der Waals surface area contributed by atoms with Crippen LogP contribution in [0.25, 0.3) is 0 Å².